The summed E-state index contributed by atoms with van der Waals surface area (Å²) in [6.45, 7) is 4.52. The number of hydrogen-bond donors (Lipinski definition) is 2. The lowest BCUT2D eigenvalue weighted by Crippen LogP contribution is -2.46. The number of fused-ring (bicyclic) bond motifs is 1. The van der Waals surface area contributed by atoms with Crippen molar-refractivity contribution in [3.63, 3.8) is 0 Å². The fraction of sp³-hybridized carbons (Fsp3) is 0.318. The van der Waals surface area contributed by atoms with Crippen LogP contribution in [0.5, 0.6) is 11.5 Å². The molecule has 4 rings (SSSR count). The van der Waals surface area contributed by atoms with Crippen LogP contribution in [0.4, 0.5) is 11.6 Å². The van der Waals surface area contributed by atoms with Gasteiger partial charge >= 0.3 is 0 Å². The molecule has 30 heavy (non-hydrogen) atoms. The summed E-state index contributed by atoms with van der Waals surface area (Å²) >= 11 is 0. The molecule has 3 aromatic rings. The third kappa shape index (κ3) is 3.68. The van der Waals surface area contributed by atoms with E-state index in [9.17, 15) is 4.79 Å². The van der Waals surface area contributed by atoms with Gasteiger partial charge in [-0.15, -0.1) is 0 Å². The van der Waals surface area contributed by atoms with Crippen molar-refractivity contribution in [2.45, 2.75) is 25.9 Å². The lowest BCUT2D eigenvalue weighted by molar-refractivity contribution is -0.121. The van der Waals surface area contributed by atoms with E-state index in [2.05, 4.69) is 20.7 Å². The number of carbonyl (C=O) groups excluding carboxylic acids is 1. The minimum absolute atomic E-state index is 0.125. The van der Waals surface area contributed by atoms with Gasteiger partial charge in [0.2, 0.25) is 11.9 Å². The Labute approximate surface area is 175 Å². The molecule has 2 aromatic carbocycles. The molecular formula is C22H25N5O3. The highest BCUT2D eigenvalue weighted by Gasteiger charge is 2.41. The van der Waals surface area contributed by atoms with E-state index in [-0.39, 0.29) is 18.0 Å². The summed E-state index contributed by atoms with van der Waals surface area (Å²) in [5.74, 6) is 1.49. The van der Waals surface area contributed by atoms with Crippen molar-refractivity contribution in [1.29, 1.82) is 0 Å². The standard InChI is InChI=1S/C22H25N5O3/c1-4-30-16-11-9-15(10-12-16)20-19(14(2)25-22-23-13-24-27(20)22)21(28)26-17-7-5-6-8-18(17)29-3/h5-14,19-20H,4H2,1-3H3,(H,26,28)(H,23,24,25)/t14-,19+,20-/m1/s1. The first-order chi connectivity index (χ1) is 14.6. The molecule has 8 heteroatoms. The minimum atomic E-state index is -0.429. The smallest absolute Gasteiger partial charge is 0.232 e. The fourth-order valence-electron chi connectivity index (χ4n) is 3.89. The van der Waals surface area contributed by atoms with Crippen molar-refractivity contribution in [3.8, 4) is 11.5 Å². The SMILES string of the molecule is CCOc1ccc([C@@H]2[C@@H](C(=O)Nc3ccccc3OC)[C@@H](C)Nc3ncnn32)cc1. The number of aromatic nitrogens is 3. The van der Waals surface area contributed by atoms with Crippen LogP contribution in [-0.2, 0) is 4.79 Å². The number of rotatable bonds is 6. The van der Waals surface area contributed by atoms with Gasteiger partial charge in [0.05, 0.1) is 31.4 Å². The Balaban J connectivity index is 1.69. The van der Waals surface area contributed by atoms with Crippen LogP contribution in [0.2, 0.25) is 0 Å². The first-order valence-corrected chi connectivity index (χ1v) is 9.95. The van der Waals surface area contributed by atoms with Gasteiger partial charge in [-0.25, -0.2) is 4.68 Å². The van der Waals surface area contributed by atoms with Gasteiger partial charge in [-0.3, -0.25) is 4.79 Å². The first kappa shape index (κ1) is 19.8. The van der Waals surface area contributed by atoms with E-state index < -0.39 is 5.92 Å². The summed E-state index contributed by atoms with van der Waals surface area (Å²) < 4.78 is 12.7. The number of benzene rings is 2. The third-order valence-electron chi connectivity index (χ3n) is 5.27. The second-order valence-electron chi connectivity index (χ2n) is 7.12. The molecule has 0 spiro atoms. The monoisotopic (exact) mass is 407 g/mol. The zero-order valence-electron chi connectivity index (χ0n) is 17.2. The molecule has 0 saturated heterocycles. The molecule has 1 aliphatic rings. The van der Waals surface area contributed by atoms with Gasteiger partial charge in [-0.1, -0.05) is 24.3 Å². The molecule has 1 aliphatic heterocycles. The summed E-state index contributed by atoms with van der Waals surface area (Å²) in [6, 6.07) is 14.7. The van der Waals surface area contributed by atoms with Crippen molar-refractivity contribution in [3.05, 3.63) is 60.4 Å². The number of hydrogen-bond acceptors (Lipinski definition) is 6. The molecule has 1 aromatic heterocycles. The van der Waals surface area contributed by atoms with Crippen molar-refractivity contribution < 1.29 is 14.3 Å². The Kier molecular flexibility index (Phi) is 5.56. The quantitative estimate of drug-likeness (QED) is 0.651. The molecule has 2 N–H and O–H groups in total. The molecule has 0 radical (unpaired) electrons. The maximum atomic E-state index is 13.4. The van der Waals surface area contributed by atoms with Gasteiger partial charge in [0.25, 0.3) is 0 Å². The zero-order chi connectivity index (χ0) is 21.1. The van der Waals surface area contributed by atoms with E-state index >= 15 is 0 Å². The lowest BCUT2D eigenvalue weighted by atomic mass is 9.85. The second kappa shape index (κ2) is 8.44. The lowest BCUT2D eigenvalue weighted by Gasteiger charge is -2.37. The van der Waals surface area contributed by atoms with E-state index in [1.807, 2.05) is 62.4 Å². The van der Waals surface area contributed by atoms with Gasteiger partial charge in [0.1, 0.15) is 17.8 Å². The molecule has 0 unspecified atom stereocenters. The van der Waals surface area contributed by atoms with Crippen LogP contribution < -0.4 is 20.1 Å². The summed E-state index contributed by atoms with van der Waals surface area (Å²) in [5.41, 5.74) is 1.59. The van der Waals surface area contributed by atoms with Crippen molar-refractivity contribution in [2.24, 2.45) is 5.92 Å². The normalized spacial score (nSPS) is 20.0. The molecule has 3 atom stereocenters. The molecule has 0 aliphatic carbocycles. The molecule has 8 nitrogen and oxygen atoms in total. The number of nitrogens with zero attached hydrogens (tertiary/aromatic N) is 3. The molecule has 1 amide bonds. The number of ether oxygens (including phenoxy) is 2. The molecule has 156 valence electrons. The topological polar surface area (TPSA) is 90.3 Å². The summed E-state index contributed by atoms with van der Waals surface area (Å²) in [5, 5.41) is 10.7. The highest BCUT2D eigenvalue weighted by Crippen LogP contribution is 2.37. The first-order valence-electron chi connectivity index (χ1n) is 9.95. The molecule has 0 bridgehead atoms. The number of nitrogens with one attached hydrogen (secondary N) is 2. The largest absolute Gasteiger partial charge is 0.495 e. The predicted molar refractivity (Wildman–Crippen MR) is 114 cm³/mol. The maximum Gasteiger partial charge on any atom is 0.232 e. The summed E-state index contributed by atoms with van der Waals surface area (Å²) in [7, 11) is 1.58. The highest BCUT2D eigenvalue weighted by molar-refractivity contribution is 5.95. The number of carbonyl (C=O) groups is 1. The highest BCUT2D eigenvalue weighted by atomic mass is 16.5. The van der Waals surface area contributed by atoms with Gasteiger partial charge in [0, 0.05) is 6.04 Å². The third-order valence-corrected chi connectivity index (χ3v) is 5.27. The van der Waals surface area contributed by atoms with Crippen LogP contribution in [0.1, 0.15) is 25.5 Å². The Morgan fingerprint density at radius 2 is 1.97 bits per heavy atom. The Hall–Kier alpha value is -3.55. The van der Waals surface area contributed by atoms with Gasteiger partial charge in [0.15, 0.2) is 0 Å². The average molecular weight is 407 g/mol. The molecule has 0 saturated carbocycles. The number of anilines is 2. The number of methoxy groups -OCH3 is 1. The van der Waals surface area contributed by atoms with Crippen LogP contribution in [0.15, 0.2) is 54.9 Å². The van der Waals surface area contributed by atoms with Crippen molar-refractivity contribution in [2.75, 3.05) is 24.4 Å². The van der Waals surface area contributed by atoms with Crippen LogP contribution >= 0.6 is 0 Å². The van der Waals surface area contributed by atoms with E-state index in [1.54, 1.807) is 11.8 Å². The number of amides is 1. The van der Waals surface area contributed by atoms with Crippen LogP contribution in [0.3, 0.4) is 0 Å². The second-order valence-corrected chi connectivity index (χ2v) is 7.12. The molecule has 0 fully saturated rings. The predicted octanol–water partition coefficient (Wildman–Crippen LogP) is 3.34. The van der Waals surface area contributed by atoms with E-state index in [4.69, 9.17) is 9.47 Å². The Morgan fingerprint density at radius 1 is 1.20 bits per heavy atom. The fourth-order valence-corrected chi connectivity index (χ4v) is 3.89. The molecule has 2 heterocycles. The van der Waals surface area contributed by atoms with Crippen LogP contribution in [0.25, 0.3) is 0 Å². The van der Waals surface area contributed by atoms with E-state index in [0.717, 1.165) is 11.3 Å². The van der Waals surface area contributed by atoms with E-state index in [1.165, 1.54) is 6.33 Å². The minimum Gasteiger partial charge on any atom is -0.495 e. The van der Waals surface area contributed by atoms with Gasteiger partial charge < -0.3 is 20.1 Å². The summed E-state index contributed by atoms with van der Waals surface area (Å²) in [4.78, 5) is 17.7. The Morgan fingerprint density at radius 3 is 2.70 bits per heavy atom. The Bertz CT molecular complexity index is 1020. The van der Waals surface area contributed by atoms with Gasteiger partial charge in [-0.05, 0) is 43.7 Å². The van der Waals surface area contributed by atoms with Crippen molar-refractivity contribution in [1.82, 2.24) is 14.8 Å². The summed E-state index contributed by atoms with van der Waals surface area (Å²) in [6.07, 6.45) is 1.50. The van der Waals surface area contributed by atoms with Crippen molar-refractivity contribution >= 4 is 17.5 Å². The van der Waals surface area contributed by atoms with Crippen LogP contribution in [0, 0.1) is 5.92 Å². The van der Waals surface area contributed by atoms with Crippen LogP contribution in [-0.4, -0.2) is 40.4 Å². The maximum absolute atomic E-state index is 13.4. The number of para-hydroxylation sites is 2. The average Bonchev–Trinajstić information content (AvgIpc) is 3.22. The van der Waals surface area contributed by atoms with E-state index in [0.29, 0.717) is 24.0 Å². The zero-order valence-corrected chi connectivity index (χ0v) is 17.2. The molecular weight excluding hydrogens is 382 g/mol. The van der Waals surface area contributed by atoms with Gasteiger partial charge in [-0.2, -0.15) is 10.1 Å².